The number of hydrogen-bond donors (Lipinski definition) is 0. The van der Waals surface area contributed by atoms with E-state index >= 15 is 0 Å². The van der Waals surface area contributed by atoms with Gasteiger partial charge in [0.2, 0.25) is 10.0 Å². The lowest BCUT2D eigenvalue weighted by molar-refractivity contribution is 0.138. The van der Waals surface area contributed by atoms with Crippen molar-refractivity contribution in [3.8, 4) is 0 Å². The number of hydrogen-bond acceptors (Lipinski definition) is 5. The maximum absolute atomic E-state index is 13.1. The van der Waals surface area contributed by atoms with Crippen LogP contribution in [0.2, 0.25) is 0 Å². The molecule has 0 aliphatic carbocycles. The van der Waals surface area contributed by atoms with Crippen molar-refractivity contribution in [1.82, 2.24) is 18.8 Å². The highest BCUT2D eigenvalue weighted by molar-refractivity contribution is 7.89. The lowest BCUT2D eigenvalue weighted by Gasteiger charge is -2.37. The second kappa shape index (κ2) is 9.13. The van der Waals surface area contributed by atoms with Gasteiger partial charge in [-0.2, -0.15) is 4.31 Å². The van der Waals surface area contributed by atoms with E-state index in [1.165, 1.54) is 0 Å². The molecular formula is C24H30N4O3S. The van der Waals surface area contributed by atoms with Crippen molar-refractivity contribution in [2.75, 3.05) is 26.2 Å². The second-order valence-electron chi connectivity index (χ2n) is 8.37. The Balaban J connectivity index is 1.56. The fourth-order valence-corrected chi connectivity index (χ4v) is 5.72. The van der Waals surface area contributed by atoms with Crippen LogP contribution in [0.15, 0.2) is 58.2 Å². The molecule has 0 bridgehead atoms. The molecule has 0 N–H and O–H groups in total. The topological polar surface area (TPSA) is 75.5 Å². The number of rotatable bonds is 6. The first-order chi connectivity index (χ1) is 15.3. The summed E-state index contributed by atoms with van der Waals surface area (Å²) in [5.74, 6) is 0.741. The first-order valence-corrected chi connectivity index (χ1v) is 12.6. The van der Waals surface area contributed by atoms with Crippen LogP contribution in [0.5, 0.6) is 0 Å². The van der Waals surface area contributed by atoms with Gasteiger partial charge < -0.3 is 0 Å². The molecule has 8 heteroatoms. The zero-order chi connectivity index (χ0) is 22.9. The summed E-state index contributed by atoms with van der Waals surface area (Å²) in [6, 6.07) is 14.3. The van der Waals surface area contributed by atoms with Crippen molar-refractivity contribution >= 4 is 20.9 Å². The Morgan fingerprint density at radius 1 is 1.00 bits per heavy atom. The van der Waals surface area contributed by atoms with Crippen LogP contribution in [-0.4, -0.2) is 53.4 Å². The van der Waals surface area contributed by atoms with Gasteiger partial charge >= 0.3 is 0 Å². The molecule has 0 amide bonds. The average Bonchev–Trinajstić information content (AvgIpc) is 2.81. The van der Waals surface area contributed by atoms with Gasteiger partial charge in [0.05, 0.1) is 21.8 Å². The van der Waals surface area contributed by atoms with Crippen molar-refractivity contribution in [2.24, 2.45) is 0 Å². The van der Waals surface area contributed by atoms with E-state index in [0.717, 1.165) is 17.8 Å². The van der Waals surface area contributed by atoms with Gasteiger partial charge in [-0.15, -0.1) is 0 Å². The minimum absolute atomic E-state index is 0.0140. The Morgan fingerprint density at radius 2 is 1.66 bits per heavy atom. The van der Waals surface area contributed by atoms with Gasteiger partial charge in [-0.3, -0.25) is 14.3 Å². The molecule has 2 heterocycles. The fourth-order valence-electron chi connectivity index (χ4n) is 4.30. The van der Waals surface area contributed by atoms with E-state index in [-0.39, 0.29) is 11.6 Å². The number of sulfonamides is 1. The van der Waals surface area contributed by atoms with E-state index in [2.05, 4.69) is 4.90 Å². The molecule has 1 saturated heterocycles. The van der Waals surface area contributed by atoms with Crippen molar-refractivity contribution < 1.29 is 8.42 Å². The number of benzene rings is 2. The molecule has 0 saturated carbocycles. The number of aromatic nitrogens is 2. The molecule has 0 spiro atoms. The fraction of sp³-hybridized carbons (Fsp3) is 0.417. The van der Waals surface area contributed by atoms with E-state index in [0.29, 0.717) is 48.5 Å². The molecule has 1 aliphatic heterocycles. The van der Waals surface area contributed by atoms with E-state index in [9.17, 15) is 13.2 Å². The monoisotopic (exact) mass is 454 g/mol. The Morgan fingerprint density at radius 3 is 2.31 bits per heavy atom. The summed E-state index contributed by atoms with van der Waals surface area (Å²) in [7, 11) is -3.51. The molecule has 170 valence electrons. The van der Waals surface area contributed by atoms with E-state index in [1.54, 1.807) is 21.0 Å². The van der Waals surface area contributed by atoms with Crippen molar-refractivity contribution in [3.63, 3.8) is 0 Å². The first-order valence-electron chi connectivity index (χ1n) is 11.1. The molecule has 1 aromatic heterocycles. The quantitative estimate of drug-likeness (QED) is 0.572. The Bertz CT molecular complexity index is 1260. The van der Waals surface area contributed by atoms with Crippen LogP contribution in [0.4, 0.5) is 0 Å². The van der Waals surface area contributed by atoms with Crippen LogP contribution in [0.1, 0.15) is 37.7 Å². The largest absolute Gasteiger partial charge is 0.295 e. The van der Waals surface area contributed by atoms with Gasteiger partial charge in [0.1, 0.15) is 5.82 Å². The zero-order valence-corrected chi connectivity index (χ0v) is 19.7. The zero-order valence-electron chi connectivity index (χ0n) is 18.9. The Labute approximate surface area is 189 Å². The number of nitrogens with zero attached hydrogens (tertiary/aromatic N) is 4. The number of para-hydroxylation sites is 1. The van der Waals surface area contributed by atoms with Crippen LogP contribution in [0.25, 0.3) is 10.9 Å². The van der Waals surface area contributed by atoms with Crippen LogP contribution in [-0.2, 0) is 16.6 Å². The van der Waals surface area contributed by atoms with Crippen LogP contribution >= 0.6 is 0 Å². The van der Waals surface area contributed by atoms with Gasteiger partial charge in [0.25, 0.3) is 5.56 Å². The van der Waals surface area contributed by atoms with Crippen LogP contribution in [0.3, 0.4) is 0 Å². The minimum atomic E-state index is -3.51. The first kappa shape index (κ1) is 22.6. The lowest BCUT2D eigenvalue weighted by atomic mass is 10.2. The smallest absolute Gasteiger partial charge is 0.261 e. The van der Waals surface area contributed by atoms with Gasteiger partial charge in [0.15, 0.2) is 0 Å². The summed E-state index contributed by atoms with van der Waals surface area (Å²) in [6.45, 7) is 8.63. The molecule has 1 fully saturated rings. The molecule has 1 aliphatic rings. The van der Waals surface area contributed by atoms with Crippen molar-refractivity contribution in [2.45, 2.75) is 44.7 Å². The van der Waals surface area contributed by atoms with Crippen LogP contribution < -0.4 is 5.56 Å². The number of aryl methyl sites for hydroxylation is 1. The SMILES string of the molecule is CCCn1c(C(C)N2CCN(S(=O)(=O)c3ccc(C)cc3)CC2)nc2ccccc2c1=O. The molecule has 7 nitrogen and oxygen atoms in total. The highest BCUT2D eigenvalue weighted by Gasteiger charge is 2.31. The molecule has 0 radical (unpaired) electrons. The second-order valence-corrected chi connectivity index (χ2v) is 10.3. The predicted octanol–water partition coefficient (Wildman–Crippen LogP) is 3.18. The molecule has 1 unspecified atom stereocenters. The summed E-state index contributed by atoms with van der Waals surface area (Å²) in [4.78, 5) is 20.5. The summed E-state index contributed by atoms with van der Waals surface area (Å²) in [6.07, 6.45) is 0.836. The lowest BCUT2D eigenvalue weighted by Crippen LogP contribution is -2.49. The Hall–Kier alpha value is -2.55. The van der Waals surface area contributed by atoms with E-state index in [1.807, 2.05) is 57.2 Å². The van der Waals surface area contributed by atoms with Gasteiger partial charge in [-0.05, 0) is 44.5 Å². The summed E-state index contributed by atoms with van der Waals surface area (Å²) in [5.41, 5.74) is 1.72. The average molecular weight is 455 g/mol. The summed E-state index contributed by atoms with van der Waals surface area (Å²) >= 11 is 0. The van der Waals surface area contributed by atoms with Crippen LogP contribution in [0, 0.1) is 6.92 Å². The predicted molar refractivity (Wildman–Crippen MR) is 126 cm³/mol. The normalized spacial score (nSPS) is 17.0. The number of fused-ring (bicyclic) bond motifs is 1. The van der Waals surface area contributed by atoms with Gasteiger partial charge in [-0.25, -0.2) is 13.4 Å². The molecular weight excluding hydrogens is 424 g/mol. The highest BCUT2D eigenvalue weighted by Crippen LogP contribution is 2.24. The minimum Gasteiger partial charge on any atom is -0.295 e. The van der Waals surface area contributed by atoms with Gasteiger partial charge in [-0.1, -0.05) is 36.8 Å². The third kappa shape index (κ3) is 4.22. The summed E-state index contributed by atoms with van der Waals surface area (Å²) in [5, 5.41) is 0.630. The third-order valence-electron chi connectivity index (χ3n) is 6.19. The van der Waals surface area contributed by atoms with Crippen molar-refractivity contribution in [3.05, 3.63) is 70.3 Å². The van der Waals surface area contributed by atoms with E-state index < -0.39 is 10.0 Å². The maximum atomic E-state index is 13.1. The maximum Gasteiger partial charge on any atom is 0.261 e. The molecule has 2 aromatic carbocycles. The van der Waals surface area contributed by atoms with Crippen molar-refractivity contribution in [1.29, 1.82) is 0 Å². The molecule has 32 heavy (non-hydrogen) atoms. The van der Waals surface area contributed by atoms with Gasteiger partial charge in [0, 0.05) is 32.7 Å². The standard InChI is InChI=1S/C24H30N4O3S/c1-4-13-28-23(25-22-8-6-5-7-21(22)24(28)29)19(3)26-14-16-27(17-15-26)32(30,31)20-11-9-18(2)10-12-20/h5-12,19H,4,13-17H2,1-3H3. The summed E-state index contributed by atoms with van der Waals surface area (Å²) < 4.78 is 29.4. The highest BCUT2D eigenvalue weighted by atomic mass is 32.2. The third-order valence-corrected chi connectivity index (χ3v) is 8.10. The van der Waals surface area contributed by atoms with E-state index in [4.69, 9.17) is 4.98 Å². The Kier molecular flexibility index (Phi) is 6.46. The molecule has 4 rings (SSSR count). The molecule has 1 atom stereocenters. The number of piperazine rings is 1. The molecule has 3 aromatic rings.